The monoisotopic (exact) mass is 252 g/mol. The highest BCUT2D eigenvalue weighted by Gasteiger charge is 2.22. The fraction of sp³-hybridized carbons (Fsp3) is 0.643. The van der Waals surface area contributed by atoms with E-state index in [1.54, 1.807) is 0 Å². The molecule has 0 aliphatic heterocycles. The summed E-state index contributed by atoms with van der Waals surface area (Å²) in [5, 5.41) is 3.41. The standard InChI is InChI=1S/C14H24N2O2/c1-4-15-13(14(17-5-2)18-6-3)11-12-9-7-8-10-16-12/h7-10,13-15H,4-6,11H2,1-3H3. The van der Waals surface area contributed by atoms with Gasteiger partial charge < -0.3 is 14.8 Å². The van der Waals surface area contributed by atoms with E-state index in [0.717, 1.165) is 18.7 Å². The second-order valence-electron chi connectivity index (χ2n) is 3.97. The molecule has 0 aromatic carbocycles. The van der Waals surface area contributed by atoms with Gasteiger partial charge in [0.25, 0.3) is 0 Å². The zero-order valence-electron chi connectivity index (χ0n) is 11.6. The number of pyridine rings is 1. The highest BCUT2D eigenvalue weighted by molar-refractivity contribution is 5.05. The molecule has 1 heterocycles. The fourth-order valence-corrected chi connectivity index (χ4v) is 1.88. The first kappa shape index (κ1) is 15.1. The predicted molar refractivity (Wildman–Crippen MR) is 72.4 cm³/mol. The number of nitrogens with zero attached hydrogens (tertiary/aromatic N) is 1. The molecule has 18 heavy (non-hydrogen) atoms. The minimum atomic E-state index is -0.220. The zero-order valence-corrected chi connectivity index (χ0v) is 11.6. The number of hydrogen-bond acceptors (Lipinski definition) is 4. The summed E-state index contributed by atoms with van der Waals surface area (Å²) in [6.45, 7) is 8.23. The first-order valence-electron chi connectivity index (χ1n) is 6.68. The van der Waals surface area contributed by atoms with E-state index in [2.05, 4.69) is 17.2 Å². The van der Waals surface area contributed by atoms with Crippen molar-refractivity contribution in [3.05, 3.63) is 30.1 Å². The Morgan fingerprint density at radius 3 is 2.39 bits per heavy atom. The Hall–Kier alpha value is -0.970. The van der Waals surface area contributed by atoms with Gasteiger partial charge in [0.1, 0.15) is 0 Å². The van der Waals surface area contributed by atoms with Crippen molar-refractivity contribution in [2.75, 3.05) is 19.8 Å². The van der Waals surface area contributed by atoms with E-state index in [9.17, 15) is 0 Å². The quantitative estimate of drug-likeness (QED) is 0.683. The van der Waals surface area contributed by atoms with Gasteiger partial charge in [0.2, 0.25) is 0 Å². The van der Waals surface area contributed by atoms with Crippen LogP contribution in [-0.2, 0) is 15.9 Å². The van der Waals surface area contributed by atoms with Crippen LogP contribution in [0.3, 0.4) is 0 Å². The number of ether oxygens (including phenoxy) is 2. The molecular weight excluding hydrogens is 228 g/mol. The van der Waals surface area contributed by atoms with Gasteiger partial charge in [-0.2, -0.15) is 0 Å². The van der Waals surface area contributed by atoms with Crippen LogP contribution in [0, 0.1) is 0 Å². The lowest BCUT2D eigenvalue weighted by atomic mass is 10.1. The summed E-state index contributed by atoms with van der Waals surface area (Å²) in [6, 6.07) is 6.08. The summed E-state index contributed by atoms with van der Waals surface area (Å²) < 4.78 is 11.3. The van der Waals surface area contributed by atoms with E-state index >= 15 is 0 Å². The number of nitrogens with one attached hydrogen (secondary N) is 1. The van der Waals surface area contributed by atoms with Gasteiger partial charge in [-0.25, -0.2) is 0 Å². The van der Waals surface area contributed by atoms with Crippen LogP contribution in [0.15, 0.2) is 24.4 Å². The van der Waals surface area contributed by atoms with Crippen molar-refractivity contribution in [3.63, 3.8) is 0 Å². The molecule has 1 atom stereocenters. The normalized spacial score (nSPS) is 12.9. The van der Waals surface area contributed by atoms with Crippen LogP contribution in [0.25, 0.3) is 0 Å². The summed E-state index contributed by atoms with van der Waals surface area (Å²) >= 11 is 0. The van der Waals surface area contributed by atoms with Gasteiger partial charge in [0.15, 0.2) is 6.29 Å². The number of likely N-dealkylation sites (N-methyl/N-ethyl adjacent to an activating group) is 1. The third-order valence-corrected chi connectivity index (χ3v) is 2.61. The third-order valence-electron chi connectivity index (χ3n) is 2.61. The smallest absolute Gasteiger partial charge is 0.173 e. The van der Waals surface area contributed by atoms with E-state index in [0.29, 0.717) is 13.2 Å². The lowest BCUT2D eigenvalue weighted by molar-refractivity contribution is -0.153. The average molecular weight is 252 g/mol. The van der Waals surface area contributed by atoms with Crippen LogP contribution in [0.1, 0.15) is 26.5 Å². The van der Waals surface area contributed by atoms with E-state index in [1.807, 2.05) is 38.2 Å². The second kappa shape index (κ2) is 9.03. The molecule has 102 valence electrons. The van der Waals surface area contributed by atoms with Crippen LogP contribution >= 0.6 is 0 Å². The third kappa shape index (κ3) is 5.12. The van der Waals surface area contributed by atoms with Crippen LogP contribution in [-0.4, -0.2) is 37.1 Å². The number of aromatic nitrogens is 1. The molecule has 0 fully saturated rings. The van der Waals surface area contributed by atoms with E-state index < -0.39 is 0 Å². The zero-order chi connectivity index (χ0) is 13.2. The van der Waals surface area contributed by atoms with E-state index in [4.69, 9.17) is 9.47 Å². The molecule has 4 heteroatoms. The van der Waals surface area contributed by atoms with Gasteiger partial charge >= 0.3 is 0 Å². The van der Waals surface area contributed by atoms with Gasteiger partial charge in [-0.15, -0.1) is 0 Å². The Morgan fingerprint density at radius 1 is 1.17 bits per heavy atom. The fourth-order valence-electron chi connectivity index (χ4n) is 1.88. The van der Waals surface area contributed by atoms with Crippen molar-refractivity contribution in [1.82, 2.24) is 10.3 Å². The molecule has 0 aliphatic carbocycles. The van der Waals surface area contributed by atoms with Gasteiger partial charge in [-0.3, -0.25) is 4.98 Å². The summed E-state index contributed by atoms with van der Waals surface area (Å²) in [4.78, 5) is 4.35. The maximum atomic E-state index is 5.66. The van der Waals surface area contributed by atoms with E-state index in [1.165, 1.54) is 0 Å². The predicted octanol–water partition coefficient (Wildman–Crippen LogP) is 2.00. The van der Waals surface area contributed by atoms with Crippen molar-refractivity contribution >= 4 is 0 Å². The van der Waals surface area contributed by atoms with Gasteiger partial charge in [-0.1, -0.05) is 13.0 Å². The highest BCUT2D eigenvalue weighted by atomic mass is 16.7. The first-order valence-corrected chi connectivity index (χ1v) is 6.68. The largest absolute Gasteiger partial charge is 0.351 e. The summed E-state index contributed by atoms with van der Waals surface area (Å²) in [7, 11) is 0. The van der Waals surface area contributed by atoms with Crippen LogP contribution in [0.5, 0.6) is 0 Å². The molecule has 0 saturated carbocycles. The minimum Gasteiger partial charge on any atom is -0.351 e. The lowest BCUT2D eigenvalue weighted by Gasteiger charge is -2.27. The molecule has 0 amide bonds. The molecule has 1 aromatic heterocycles. The van der Waals surface area contributed by atoms with Gasteiger partial charge in [-0.05, 0) is 32.5 Å². The van der Waals surface area contributed by atoms with Crippen molar-refractivity contribution in [2.45, 2.75) is 39.5 Å². The Bertz CT molecular complexity index is 300. The molecule has 1 N–H and O–H groups in total. The maximum Gasteiger partial charge on any atom is 0.173 e. The van der Waals surface area contributed by atoms with Crippen LogP contribution in [0.4, 0.5) is 0 Å². The highest BCUT2D eigenvalue weighted by Crippen LogP contribution is 2.08. The summed E-state index contributed by atoms with van der Waals surface area (Å²) in [5.41, 5.74) is 1.05. The molecule has 0 bridgehead atoms. The minimum absolute atomic E-state index is 0.129. The SMILES string of the molecule is CCNC(Cc1ccccn1)C(OCC)OCC. The molecule has 1 aromatic rings. The summed E-state index contributed by atoms with van der Waals surface area (Å²) in [5.74, 6) is 0. The number of rotatable bonds is 9. The first-order chi connectivity index (χ1) is 8.81. The Kier molecular flexibility index (Phi) is 7.57. The second-order valence-corrected chi connectivity index (χ2v) is 3.97. The summed E-state index contributed by atoms with van der Waals surface area (Å²) in [6.07, 6.45) is 2.40. The Labute approximate surface area is 110 Å². The van der Waals surface area contributed by atoms with Crippen molar-refractivity contribution in [3.8, 4) is 0 Å². The Morgan fingerprint density at radius 2 is 1.89 bits per heavy atom. The molecule has 1 rings (SSSR count). The van der Waals surface area contributed by atoms with Gasteiger partial charge in [0.05, 0.1) is 6.04 Å². The molecule has 0 spiro atoms. The Balaban J connectivity index is 2.66. The lowest BCUT2D eigenvalue weighted by Crippen LogP contribution is -2.44. The van der Waals surface area contributed by atoms with Crippen LogP contribution < -0.4 is 5.32 Å². The molecule has 0 aliphatic rings. The van der Waals surface area contributed by atoms with Crippen molar-refractivity contribution in [2.24, 2.45) is 0 Å². The van der Waals surface area contributed by atoms with Gasteiger partial charge in [0, 0.05) is 31.5 Å². The average Bonchev–Trinajstić information content (AvgIpc) is 2.39. The molecular formula is C14H24N2O2. The topological polar surface area (TPSA) is 43.4 Å². The van der Waals surface area contributed by atoms with E-state index in [-0.39, 0.29) is 12.3 Å². The molecule has 0 radical (unpaired) electrons. The number of hydrogen-bond donors (Lipinski definition) is 1. The van der Waals surface area contributed by atoms with Crippen molar-refractivity contribution < 1.29 is 9.47 Å². The maximum absolute atomic E-state index is 5.66. The molecule has 0 saturated heterocycles. The van der Waals surface area contributed by atoms with Crippen LogP contribution in [0.2, 0.25) is 0 Å². The van der Waals surface area contributed by atoms with Crippen molar-refractivity contribution in [1.29, 1.82) is 0 Å². The molecule has 4 nitrogen and oxygen atoms in total. The molecule has 1 unspecified atom stereocenters.